The Kier molecular flexibility index (Phi) is 7.35. The minimum atomic E-state index is -0.203. The summed E-state index contributed by atoms with van der Waals surface area (Å²) >= 11 is 10.8. The Morgan fingerprint density at radius 3 is 2.90 bits per heavy atom. The third-order valence-corrected chi connectivity index (χ3v) is 5.72. The van der Waals surface area contributed by atoms with Gasteiger partial charge in [0, 0.05) is 15.1 Å². The number of nitrogens with one attached hydrogen (secondary N) is 1. The lowest BCUT2D eigenvalue weighted by molar-refractivity contribution is -0.113. The first-order chi connectivity index (χ1) is 14.0. The third kappa shape index (κ3) is 5.41. The van der Waals surface area contributed by atoms with Crippen molar-refractivity contribution in [2.24, 2.45) is 0 Å². The summed E-state index contributed by atoms with van der Waals surface area (Å²) < 4.78 is 7.88. The van der Waals surface area contributed by atoms with Crippen LogP contribution in [0.5, 0.6) is 5.75 Å². The highest BCUT2D eigenvalue weighted by atomic mass is 79.9. The van der Waals surface area contributed by atoms with Gasteiger partial charge in [-0.25, -0.2) is 9.67 Å². The number of amides is 1. The molecule has 3 aromatic rings. The second-order valence-electron chi connectivity index (χ2n) is 5.85. The molecule has 150 valence electrons. The number of thioether (sulfide) groups is 1. The van der Waals surface area contributed by atoms with Crippen LogP contribution in [0.1, 0.15) is 0 Å². The lowest BCUT2D eigenvalue weighted by atomic mass is 10.2. The van der Waals surface area contributed by atoms with Crippen molar-refractivity contribution < 1.29 is 9.53 Å². The molecular weight excluding hydrogens is 476 g/mol. The van der Waals surface area contributed by atoms with E-state index >= 15 is 0 Å². The van der Waals surface area contributed by atoms with Crippen molar-refractivity contribution in [3.8, 4) is 17.1 Å². The Morgan fingerprint density at radius 2 is 2.17 bits per heavy atom. The number of benzene rings is 2. The molecule has 6 nitrogen and oxygen atoms in total. The Balaban J connectivity index is 1.74. The van der Waals surface area contributed by atoms with E-state index in [2.05, 4.69) is 37.9 Å². The zero-order valence-corrected chi connectivity index (χ0v) is 18.7. The molecule has 0 fully saturated rings. The summed E-state index contributed by atoms with van der Waals surface area (Å²) in [4.78, 5) is 17.0. The van der Waals surface area contributed by atoms with Gasteiger partial charge in [0.05, 0.1) is 25.1 Å². The van der Waals surface area contributed by atoms with Crippen LogP contribution in [0.15, 0.2) is 64.7 Å². The first-order valence-corrected chi connectivity index (χ1v) is 10.7. The number of halogens is 2. The highest BCUT2D eigenvalue weighted by Crippen LogP contribution is 2.29. The van der Waals surface area contributed by atoms with Crippen molar-refractivity contribution >= 4 is 50.9 Å². The molecule has 0 unspecified atom stereocenters. The van der Waals surface area contributed by atoms with Crippen LogP contribution >= 0.6 is 39.3 Å². The molecule has 1 heterocycles. The summed E-state index contributed by atoms with van der Waals surface area (Å²) in [6.45, 7) is 4.25. The van der Waals surface area contributed by atoms with Crippen molar-refractivity contribution in [1.29, 1.82) is 0 Å². The monoisotopic (exact) mass is 492 g/mol. The van der Waals surface area contributed by atoms with E-state index in [4.69, 9.17) is 16.3 Å². The van der Waals surface area contributed by atoms with Crippen molar-refractivity contribution in [1.82, 2.24) is 14.8 Å². The first kappa shape index (κ1) is 21.4. The van der Waals surface area contributed by atoms with Crippen LogP contribution in [0.4, 0.5) is 5.69 Å². The summed E-state index contributed by atoms with van der Waals surface area (Å²) in [6, 6.07) is 12.8. The summed E-state index contributed by atoms with van der Waals surface area (Å²) in [5.41, 5.74) is 1.40. The fraction of sp³-hybridized carbons (Fsp3) is 0.150. The number of carbonyl (C=O) groups excluding carboxylic acids is 1. The summed E-state index contributed by atoms with van der Waals surface area (Å²) in [5.74, 6) is 1.07. The smallest absolute Gasteiger partial charge is 0.234 e. The molecule has 0 aliphatic carbocycles. The highest BCUT2D eigenvalue weighted by Gasteiger charge is 2.16. The Morgan fingerprint density at radius 1 is 1.38 bits per heavy atom. The number of allylic oxidation sites excluding steroid dienone is 1. The summed E-state index contributed by atoms with van der Waals surface area (Å²) in [7, 11) is 1.54. The van der Waals surface area contributed by atoms with E-state index < -0.39 is 0 Å². The van der Waals surface area contributed by atoms with Crippen molar-refractivity contribution in [2.75, 3.05) is 18.2 Å². The predicted octanol–water partition coefficient (Wildman–Crippen LogP) is 5.29. The van der Waals surface area contributed by atoms with Crippen LogP contribution in [-0.2, 0) is 11.3 Å². The first-order valence-electron chi connectivity index (χ1n) is 8.58. The highest BCUT2D eigenvalue weighted by molar-refractivity contribution is 9.10. The van der Waals surface area contributed by atoms with Gasteiger partial charge in [-0.15, -0.1) is 11.7 Å². The Hall–Kier alpha value is -2.29. The fourth-order valence-corrected chi connectivity index (χ4v) is 3.91. The number of nitrogens with zero attached hydrogens (tertiary/aromatic N) is 3. The zero-order valence-electron chi connectivity index (χ0n) is 15.6. The maximum absolute atomic E-state index is 12.4. The van der Waals surface area contributed by atoms with Crippen LogP contribution in [0.25, 0.3) is 11.4 Å². The molecule has 0 radical (unpaired) electrons. The van der Waals surface area contributed by atoms with Gasteiger partial charge < -0.3 is 10.1 Å². The molecule has 1 aromatic heterocycles. The second-order valence-corrected chi connectivity index (χ2v) is 8.08. The van der Waals surface area contributed by atoms with Gasteiger partial charge in [-0.3, -0.25) is 4.79 Å². The van der Waals surface area contributed by atoms with Crippen LogP contribution in [-0.4, -0.2) is 33.5 Å². The quantitative estimate of drug-likeness (QED) is 0.341. The van der Waals surface area contributed by atoms with E-state index in [0.29, 0.717) is 34.0 Å². The van der Waals surface area contributed by atoms with Gasteiger partial charge in [-0.05, 0) is 30.3 Å². The maximum atomic E-state index is 12.4. The molecule has 9 heteroatoms. The van der Waals surface area contributed by atoms with Crippen LogP contribution < -0.4 is 10.1 Å². The number of hydrogen-bond donors (Lipinski definition) is 1. The van der Waals surface area contributed by atoms with E-state index in [9.17, 15) is 4.79 Å². The number of anilines is 1. The Bertz CT molecular complexity index is 1040. The molecule has 0 saturated carbocycles. The van der Waals surface area contributed by atoms with Crippen molar-refractivity contribution in [2.45, 2.75) is 11.7 Å². The van der Waals surface area contributed by atoms with Crippen molar-refractivity contribution in [3.05, 3.63) is 64.6 Å². The summed E-state index contributed by atoms with van der Waals surface area (Å²) in [6.07, 6.45) is 1.74. The van der Waals surface area contributed by atoms with Crippen LogP contribution in [0.2, 0.25) is 5.02 Å². The SMILES string of the molecule is C=CCn1nc(-c2ccccc2Br)nc1SCC(=O)Nc1cc(Cl)ccc1OC. The zero-order chi connectivity index (χ0) is 20.8. The second kappa shape index (κ2) is 9.96. The standard InChI is InChI=1S/C20H18BrClN4O2S/c1-3-10-26-20(24-19(25-26)14-6-4-5-7-15(14)21)29-12-18(27)23-16-11-13(22)8-9-17(16)28-2/h3-9,11H,1,10,12H2,2H3,(H,23,27). The largest absolute Gasteiger partial charge is 0.495 e. The van der Waals surface area contributed by atoms with E-state index in [1.54, 1.807) is 29.0 Å². The van der Waals surface area contributed by atoms with Gasteiger partial charge in [0.15, 0.2) is 11.0 Å². The van der Waals surface area contributed by atoms with Gasteiger partial charge in [-0.1, -0.05) is 57.5 Å². The average molecular weight is 494 g/mol. The molecule has 0 saturated heterocycles. The number of hydrogen-bond acceptors (Lipinski definition) is 5. The Labute approximate surface area is 186 Å². The fourth-order valence-electron chi connectivity index (χ4n) is 2.53. The van der Waals surface area contributed by atoms with E-state index in [-0.39, 0.29) is 11.7 Å². The van der Waals surface area contributed by atoms with E-state index in [0.717, 1.165) is 10.0 Å². The molecule has 0 atom stereocenters. The molecule has 1 N–H and O–H groups in total. The number of rotatable bonds is 8. The van der Waals surface area contributed by atoms with Gasteiger partial charge in [0.25, 0.3) is 0 Å². The van der Waals surface area contributed by atoms with Crippen molar-refractivity contribution in [3.63, 3.8) is 0 Å². The van der Waals surface area contributed by atoms with Crippen LogP contribution in [0.3, 0.4) is 0 Å². The van der Waals surface area contributed by atoms with Gasteiger partial charge in [0.2, 0.25) is 5.91 Å². The molecule has 0 aliphatic heterocycles. The minimum absolute atomic E-state index is 0.154. The summed E-state index contributed by atoms with van der Waals surface area (Å²) in [5, 5.41) is 8.50. The number of ether oxygens (including phenoxy) is 1. The maximum Gasteiger partial charge on any atom is 0.234 e. The average Bonchev–Trinajstić information content (AvgIpc) is 3.10. The van der Waals surface area contributed by atoms with Gasteiger partial charge in [-0.2, -0.15) is 0 Å². The van der Waals surface area contributed by atoms with E-state index in [1.165, 1.54) is 18.9 Å². The number of methoxy groups -OCH3 is 1. The minimum Gasteiger partial charge on any atom is -0.495 e. The molecule has 0 aliphatic rings. The van der Waals surface area contributed by atoms with Gasteiger partial charge >= 0.3 is 0 Å². The molecule has 0 bridgehead atoms. The molecular formula is C20H18BrClN4O2S. The molecule has 0 spiro atoms. The molecule has 3 rings (SSSR count). The lowest BCUT2D eigenvalue weighted by Crippen LogP contribution is -2.15. The number of aromatic nitrogens is 3. The molecule has 1 amide bonds. The normalized spacial score (nSPS) is 10.6. The van der Waals surface area contributed by atoms with Gasteiger partial charge in [0.1, 0.15) is 5.75 Å². The third-order valence-electron chi connectivity index (χ3n) is 3.82. The number of carbonyl (C=O) groups is 1. The van der Waals surface area contributed by atoms with Crippen LogP contribution in [0, 0.1) is 0 Å². The topological polar surface area (TPSA) is 69.0 Å². The van der Waals surface area contributed by atoms with E-state index in [1.807, 2.05) is 24.3 Å². The molecule has 2 aromatic carbocycles. The predicted molar refractivity (Wildman–Crippen MR) is 121 cm³/mol. The lowest BCUT2D eigenvalue weighted by Gasteiger charge is -2.10. The molecule has 29 heavy (non-hydrogen) atoms.